The summed E-state index contributed by atoms with van der Waals surface area (Å²) in [6.45, 7) is 2.08. The van der Waals surface area contributed by atoms with E-state index in [1.54, 1.807) is 24.8 Å². The van der Waals surface area contributed by atoms with Crippen LogP contribution in [0.15, 0.2) is 36.9 Å². The van der Waals surface area contributed by atoms with Gasteiger partial charge in [0.25, 0.3) is 0 Å². The first-order valence-electron chi connectivity index (χ1n) is 8.55. The Morgan fingerprint density at radius 2 is 2.20 bits per heavy atom. The molecule has 1 amide bonds. The molecule has 7 nitrogen and oxygen atoms in total. The molecule has 0 spiro atoms. The predicted octanol–water partition coefficient (Wildman–Crippen LogP) is 1.47. The number of carbonyl (C=O) groups excluding carboxylic acids is 1. The molecule has 1 N–H and O–H groups in total. The summed E-state index contributed by atoms with van der Waals surface area (Å²) in [5.41, 5.74) is 1.02. The van der Waals surface area contributed by atoms with Gasteiger partial charge in [-0.1, -0.05) is 6.07 Å². The minimum atomic E-state index is -0.0322. The fraction of sp³-hybridized carbons (Fsp3) is 0.444. The number of aromatic nitrogens is 3. The molecule has 2 aromatic heterocycles. The van der Waals surface area contributed by atoms with Crippen molar-refractivity contribution in [3.63, 3.8) is 0 Å². The van der Waals surface area contributed by atoms with Gasteiger partial charge in [-0.15, -0.1) is 0 Å². The third-order valence-electron chi connectivity index (χ3n) is 4.41. The molecule has 2 aromatic rings. The number of nitrogens with one attached hydrogen (secondary N) is 1. The van der Waals surface area contributed by atoms with Gasteiger partial charge in [0.15, 0.2) is 0 Å². The molecular weight excluding hydrogens is 316 g/mol. The number of hydrogen-bond acceptors (Lipinski definition) is 6. The Hall–Kier alpha value is -2.70. The molecule has 0 radical (unpaired) electrons. The van der Waals surface area contributed by atoms with Crippen LogP contribution in [0.5, 0.6) is 0 Å². The molecule has 1 fully saturated rings. The Bertz CT molecular complexity index is 706. The summed E-state index contributed by atoms with van der Waals surface area (Å²) in [4.78, 5) is 29.5. The van der Waals surface area contributed by atoms with Crippen LogP contribution in [0.1, 0.15) is 18.4 Å². The van der Waals surface area contributed by atoms with Crippen molar-refractivity contribution in [3.05, 3.63) is 42.5 Å². The lowest BCUT2D eigenvalue weighted by molar-refractivity contribution is -0.125. The maximum atomic E-state index is 12.6. The molecule has 3 heterocycles. The highest BCUT2D eigenvalue weighted by molar-refractivity contribution is 5.79. The highest BCUT2D eigenvalue weighted by atomic mass is 16.1. The van der Waals surface area contributed by atoms with Crippen LogP contribution in [-0.2, 0) is 11.3 Å². The summed E-state index contributed by atoms with van der Waals surface area (Å²) < 4.78 is 0. The molecule has 0 saturated carbocycles. The molecule has 0 aromatic carbocycles. The van der Waals surface area contributed by atoms with Crippen molar-refractivity contribution in [2.24, 2.45) is 5.92 Å². The summed E-state index contributed by atoms with van der Waals surface area (Å²) in [7, 11) is 3.90. The molecule has 1 aliphatic rings. The van der Waals surface area contributed by atoms with Crippen LogP contribution < -0.4 is 15.1 Å². The Kier molecular flexibility index (Phi) is 5.42. The lowest BCUT2D eigenvalue weighted by Crippen LogP contribution is -2.43. The van der Waals surface area contributed by atoms with Crippen LogP contribution in [0.3, 0.4) is 0 Å². The minimum absolute atomic E-state index is 0.0322. The normalized spacial score (nSPS) is 17.2. The number of rotatable bonds is 5. The molecule has 1 saturated heterocycles. The molecule has 7 heteroatoms. The zero-order valence-corrected chi connectivity index (χ0v) is 14.7. The molecule has 1 atom stereocenters. The molecule has 25 heavy (non-hydrogen) atoms. The van der Waals surface area contributed by atoms with E-state index in [1.165, 1.54) is 0 Å². The van der Waals surface area contributed by atoms with Gasteiger partial charge in [0.2, 0.25) is 5.91 Å². The highest BCUT2D eigenvalue weighted by Crippen LogP contribution is 2.21. The summed E-state index contributed by atoms with van der Waals surface area (Å²) in [6.07, 6.45) is 8.73. The van der Waals surface area contributed by atoms with Crippen molar-refractivity contribution >= 4 is 17.5 Å². The molecule has 0 bridgehead atoms. The van der Waals surface area contributed by atoms with E-state index >= 15 is 0 Å². The van der Waals surface area contributed by atoms with Gasteiger partial charge in [-0.25, -0.2) is 9.97 Å². The van der Waals surface area contributed by atoms with Gasteiger partial charge in [-0.05, 0) is 18.9 Å². The number of amides is 1. The summed E-state index contributed by atoms with van der Waals surface area (Å²) in [5, 5.41) is 3.07. The number of nitrogens with zero attached hydrogens (tertiary/aromatic N) is 5. The van der Waals surface area contributed by atoms with Crippen LogP contribution in [0.4, 0.5) is 11.6 Å². The maximum Gasteiger partial charge on any atom is 0.225 e. The van der Waals surface area contributed by atoms with Crippen molar-refractivity contribution in [3.8, 4) is 0 Å². The van der Waals surface area contributed by atoms with E-state index in [1.807, 2.05) is 31.1 Å². The fourth-order valence-corrected chi connectivity index (χ4v) is 3.15. The van der Waals surface area contributed by atoms with E-state index in [0.717, 1.165) is 36.6 Å². The van der Waals surface area contributed by atoms with E-state index < -0.39 is 0 Å². The van der Waals surface area contributed by atoms with Gasteiger partial charge in [-0.3, -0.25) is 9.78 Å². The SMILES string of the molecule is CN(C)c1ncccc1CNC(=O)[C@@H]1CCCN(c2cnccn2)C1. The molecule has 0 aliphatic carbocycles. The Labute approximate surface area is 148 Å². The molecule has 132 valence electrons. The second-order valence-corrected chi connectivity index (χ2v) is 6.45. The van der Waals surface area contributed by atoms with Gasteiger partial charge in [0.05, 0.1) is 12.1 Å². The Morgan fingerprint density at radius 3 is 2.96 bits per heavy atom. The third kappa shape index (κ3) is 4.23. The van der Waals surface area contributed by atoms with E-state index in [-0.39, 0.29) is 11.8 Å². The standard InChI is InChI=1S/C18H24N6O/c1-23(2)17-14(5-3-7-21-17)11-22-18(25)15-6-4-10-24(13-15)16-12-19-8-9-20-16/h3,5,7-9,12,15H,4,6,10-11,13H2,1-2H3,(H,22,25)/t15-/m1/s1. The lowest BCUT2D eigenvalue weighted by Gasteiger charge is -2.32. The summed E-state index contributed by atoms with van der Waals surface area (Å²) in [5.74, 6) is 1.77. The number of pyridine rings is 1. The van der Waals surface area contributed by atoms with Crippen molar-refractivity contribution < 1.29 is 4.79 Å². The first-order chi connectivity index (χ1) is 12.1. The first kappa shape index (κ1) is 17.1. The van der Waals surface area contributed by atoms with E-state index in [0.29, 0.717) is 13.1 Å². The van der Waals surface area contributed by atoms with E-state index in [2.05, 4.69) is 25.2 Å². The maximum absolute atomic E-state index is 12.6. The number of anilines is 2. The smallest absolute Gasteiger partial charge is 0.225 e. The zero-order chi connectivity index (χ0) is 17.6. The molecule has 0 unspecified atom stereocenters. The highest BCUT2D eigenvalue weighted by Gasteiger charge is 2.26. The number of piperidine rings is 1. The average molecular weight is 340 g/mol. The van der Waals surface area contributed by atoms with Crippen LogP contribution >= 0.6 is 0 Å². The molecule has 3 rings (SSSR count). The van der Waals surface area contributed by atoms with Crippen LogP contribution in [0, 0.1) is 5.92 Å². The second kappa shape index (κ2) is 7.92. The van der Waals surface area contributed by atoms with Crippen molar-refractivity contribution in [1.82, 2.24) is 20.3 Å². The quantitative estimate of drug-likeness (QED) is 0.888. The number of carbonyl (C=O) groups is 1. The van der Waals surface area contributed by atoms with Gasteiger partial charge < -0.3 is 15.1 Å². The summed E-state index contributed by atoms with van der Waals surface area (Å²) in [6, 6.07) is 3.89. The van der Waals surface area contributed by atoms with Gasteiger partial charge in [0.1, 0.15) is 11.6 Å². The van der Waals surface area contributed by atoms with E-state index in [9.17, 15) is 4.79 Å². The van der Waals surface area contributed by atoms with Crippen LogP contribution in [-0.4, -0.2) is 48.0 Å². The Balaban J connectivity index is 1.60. The predicted molar refractivity (Wildman–Crippen MR) is 97.4 cm³/mol. The average Bonchev–Trinajstić information content (AvgIpc) is 2.67. The van der Waals surface area contributed by atoms with Crippen molar-refractivity contribution in [2.45, 2.75) is 19.4 Å². The largest absolute Gasteiger partial charge is 0.362 e. The molecular formula is C18H24N6O. The minimum Gasteiger partial charge on any atom is -0.362 e. The third-order valence-corrected chi connectivity index (χ3v) is 4.41. The zero-order valence-electron chi connectivity index (χ0n) is 14.7. The Morgan fingerprint density at radius 1 is 1.32 bits per heavy atom. The van der Waals surface area contributed by atoms with Gasteiger partial charge in [0, 0.05) is 57.9 Å². The topological polar surface area (TPSA) is 74.2 Å². The number of hydrogen-bond donors (Lipinski definition) is 1. The van der Waals surface area contributed by atoms with Crippen molar-refractivity contribution in [1.29, 1.82) is 0 Å². The van der Waals surface area contributed by atoms with Gasteiger partial charge in [-0.2, -0.15) is 0 Å². The second-order valence-electron chi connectivity index (χ2n) is 6.45. The lowest BCUT2D eigenvalue weighted by atomic mass is 9.97. The summed E-state index contributed by atoms with van der Waals surface area (Å²) >= 11 is 0. The van der Waals surface area contributed by atoms with Crippen LogP contribution in [0.2, 0.25) is 0 Å². The van der Waals surface area contributed by atoms with E-state index in [4.69, 9.17) is 0 Å². The molecule has 1 aliphatic heterocycles. The van der Waals surface area contributed by atoms with Crippen molar-refractivity contribution in [2.75, 3.05) is 37.0 Å². The first-order valence-corrected chi connectivity index (χ1v) is 8.55. The monoisotopic (exact) mass is 340 g/mol. The fourth-order valence-electron chi connectivity index (χ4n) is 3.15. The van der Waals surface area contributed by atoms with Gasteiger partial charge >= 0.3 is 0 Å². The van der Waals surface area contributed by atoms with Crippen LogP contribution in [0.25, 0.3) is 0 Å².